The lowest BCUT2D eigenvalue weighted by Crippen LogP contribution is -2.42. The normalized spacial score (nSPS) is 23.5. The summed E-state index contributed by atoms with van der Waals surface area (Å²) in [4.78, 5) is 3.71. The van der Waals surface area contributed by atoms with E-state index in [0.29, 0.717) is 12.5 Å². The first-order chi connectivity index (χ1) is 13.8. The summed E-state index contributed by atoms with van der Waals surface area (Å²) in [6.45, 7) is 1.51. The molecule has 2 atom stereocenters. The van der Waals surface area contributed by atoms with Crippen molar-refractivity contribution in [2.75, 3.05) is 5.73 Å². The summed E-state index contributed by atoms with van der Waals surface area (Å²) in [5.41, 5.74) is -0.0609. The van der Waals surface area contributed by atoms with Crippen LogP contribution in [-0.2, 0) is 11.8 Å². The third-order valence-electron chi connectivity index (χ3n) is 4.73. The van der Waals surface area contributed by atoms with Gasteiger partial charge in [0.05, 0.1) is 11.8 Å². The number of hydrogen-bond donors (Lipinski definition) is 2. The van der Waals surface area contributed by atoms with Gasteiger partial charge in [-0.25, -0.2) is 4.98 Å². The third kappa shape index (κ3) is 4.16. The Balaban J connectivity index is 2.17. The van der Waals surface area contributed by atoms with E-state index in [-0.39, 0.29) is 19.3 Å². The van der Waals surface area contributed by atoms with Gasteiger partial charge in [-0.05, 0) is 38.7 Å². The van der Waals surface area contributed by atoms with Gasteiger partial charge in [-0.2, -0.15) is 26.3 Å². The van der Waals surface area contributed by atoms with Crippen LogP contribution < -0.4 is 10.5 Å². The monoisotopic (exact) mass is 440 g/mol. The second kappa shape index (κ2) is 7.60. The van der Waals surface area contributed by atoms with Crippen molar-refractivity contribution in [3.8, 4) is 17.5 Å². The van der Waals surface area contributed by atoms with Gasteiger partial charge in [0.25, 0.3) is 11.8 Å². The van der Waals surface area contributed by atoms with Gasteiger partial charge in [0.2, 0.25) is 11.5 Å². The van der Waals surface area contributed by atoms with E-state index in [2.05, 4.69) is 15.2 Å². The molecule has 0 spiro atoms. The highest BCUT2D eigenvalue weighted by atomic mass is 19.4. The molecule has 4 bridgehead atoms. The summed E-state index contributed by atoms with van der Waals surface area (Å²) in [6, 6.07) is 0.538. The van der Waals surface area contributed by atoms with Gasteiger partial charge < -0.3 is 20.0 Å². The standard InChI is InChI=1S/C17H18F6N4O3/c1-8-5-3-2-4-6-15(28,17(21,22)23)14-27-26-13(30-14)11-10(24)7-9(16(18,19)20)12(25-11)29-8/h7-8,28H,2-6,24H2,1H3/t8-,15-/m1/s1. The first-order valence-electron chi connectivity index (χ1n) is 9.01. The maximum absolute atomic E-state index is 13.5. The Labute approximate surface area is 166 Å². The fourth-order valence-electron chi connectivity index (χ4n) is 3.07. The first-order valence-corrected chi connectivity index (χ1v) is 9.01. The van der Waals surface area contributed by atoms with E-state index in [0.717, 1.165) is 0 Å². The lowest BCUT2D eigenvalue weighted by atomic mass is 9.94. The van der Waals surface area contributed by atoms with Crippen molar-refractivity contribution < 1.29 is 40.6 Å². The van der Waals surface area contributed by atoms with Crippen LogP contribution in [0, 0.1) is 0 Å². The number of aromatic nitrogens is 3. The highest BCUT2D eigenvalue weighted by molar-refractivity contribution is 5.68. The zero-order valence-corrected chi connectivity index (χ0v) is 15.6. The Morgan fingerprint density at radius 1 is 1.13 bits per heavy atom. The second-order valence-corrected chi connectivity index (χ2v) is 7.07. The molecule has 3 rings (SSSR count). The Morgan fingerprint density at radius 2 is 1.83 bits per heavy atom. The van der Waals surface area contributed by atoms with Crippen LogP contribution in [0.25, 0.3) is 11.6 Å². The maximum Gasteiger partial charge on any atom is 0.426 e. The minimum atomic E-state index is -5.12. The zero-order valence-electron chi connectivity index (χ0n) is 15.6. The molecule has 0 aromatic carbocycles. The van der Waals surface area contributed by atoms with Crippen molar-refractivity contribution in [2.24, 2.45) is 0 Å². The molecule has 1 aliphatic rings. The first kappa shape index (κ1) is 22.1. The molecule has 0 unspecified atom stereocenters. The topological polar surface area (TPSA) is 107 Å². The van der Waals surface area contributed by atoms with Crippen molar-refractivity contribution in [3.63, 3.8) is 0 Å². The van der Waals surface area contributed by atoms with Crippen LogP contribution in [0.5, 0.6) is 5.88 Å². The molecule has 30 heavy (non-hydrogen) atoms. The van der Waals surface area contributed by atoms with Gasteiger partial charge in [-0.3, -0.25) is 0 Å². The number of nitrogen functional groups attached to an aromatic ring is 1. The fraction of sp³-hybridized carbons (Fsp3) is 0.588. The number of nitrogens with two attached hydrogens (primary N) is 1. The number of pyridine rings is 1. The molecule has 13 heteroatoms. The highest BCUT2D eigenvalue weighted by Crippen LogP contribution is 2.44. The Hall–Kier alpha value is -2.57. The summed E-state index contributed by atoms with van der Waals surface area (Å²) in [6.07, 6.45) is -10.5. The molecule has 0 saturated heterocycles. The predicted molar refractivity (Wildman–Crippen MR) is 90.1 cm³/mol. The molecule has 0 fully saturated rings. The third-order valence-corrected chi connectivity index (χ3v) is 4.73. The van der Waals surface area contributed by atoms with Gasteiger partial charge >= 0.3 is 12.4 Å². The van der Waals surface area contributed by atoms with Crippen molar-refractivity contribution in [1.29, 1.82) is 0 Å². The average Bonchev–Trinajstić information content (AvgIpc) is 3.10. The molecule has 0 amide bonds. The summed E-state index contributed by atoms with van der Waals surface area (Å²) < 4.78 is 91.1. The smallest absolute Gasteiger partial charge is 0.426 e. The number of anilines is 1. The Kier molecular flexibility index (Phi) is 5.60. The molecular formula is C17H18F6N4O3. The number of halogens is 6. The van der Waals surface area contributed by atoms with E-state index >= 15 is 0 Å². The summed E-state index contributed by atoms with van der Waals surface area (Å²) >= 11 is 0. The van der Waals surface area contributed by atoms with Crippen LogP contribution in [0.15, 0.2) is 10.5 Å². The van der Waals surface area contributed by atoms with Gasteiger partial charge in [-0.15, -0.1) is 10.2 Å². The average molecular weight is 440 g/mol. The SMILES string of the molecule is C[C@@H]1CCCCC[C@](O)(C(F)(F)F)c2nnc(o2)-c2nc(c(C(F)(F)F)cc2N)O1. The van der Waals surface area contributed by atoms with Gasteiger partial charge in [-0.1, -0.05) is 6.42 Å². The molecule has 0 radical (unpaired) electrons. The maximum atomic E-state index is 13.5. The van der Waals surface area contributed by atoms with Gasteiger partial charge in [0, 0.05) is 0 Å². The lowest BCUT2D eigenvalue weighted by Gasteiger charge is -2.27. The minimum absolute atomic E-state index is 0.0417. The van der Waals surface area contributed by atoms with E-state index in [1.165, 1.54) is 6.92 Å². The summed E-state index contributed by atoms with van der Waals surface area (Å²) in [5, 5.41) is 16.9. The van der Waals surface area contributed by atoms with E-state index in [1.807, 2.05) is 0 Å². The van der Waals surface area contributed by atoms with Crippen molar-refractivity contribution in [1.82, 2.24) is 15.2 Å². The van der Waals surface area contributed by atoms with Gasteiger partial charge in [0.1, 0.15) is 5.56 Å². The number of rotatable bonds is 0. The van der Waals surface area contributed by atoms with E-state index in [4.69, 9.17) is 14.9 Å². The highest BCUT2D eigenvalue weighted by Gasteiger charge is 2.58. The molecule has 2 aromatic rings. The number of fused-ring (bicyclic) bond motifs is 5. The lowest BCUT2D eigenvalue weighted by molar-refractivity contribution is -0.277. The molecular weight excluding hydrogens is 422 g/mol. The summed E-state index contributed by atoms with van der Waals surface area (Å²) in [7, 11) is 0. The van der Waals surface area contributed by atoms with Crippen LogP contribution in [-0.4, -0.2) is 32.6 Å². The molecule has 166 valence electrons. The number of ether oxygens (including phenoxy) is 1. The molecule has 1 aliphatic heterocycles. The molecule has 2 aromatic heterocycles. The quantitative estimate of drug-likeness (QED) is 0.591. The molecule has 0 saturated carbocycles. The van der Waals surface area contributed by atoms with E-state index < -0.39 is 65.1 Å². The molecule has 7 nitrogen and oxygen atoms in total. The van der Waals surface area contributed by atoms with Crippen LogP contribution in [0.4, 0.5) is 32.0 Å². The number of hydrogen-bond acceptors (Lipinski definition) is 7. The summed E-state index contributed by atoms with van der Waals surface area (Å²) in [5.74, 6) is -2.62. The zero-order chi connectivity index (χ0) is 22.3. The number of aliphatic hydroxyl groups is 1. The van der Waals surface area contributed by atoms with Crippen LogP contribution in [0.2, 0.25) is 0 Å². The minimum Gasteiger partial charge on any atom is -0.474 e. The fourth-order valence-corrected chi connectivity index (χ4v) is 3.07. The Morgan fingerprint density at radius 3 is 2.47 bits per heavy atom. The molecule has 3 heterocycles. The Bertz CT molecular complexity index is 914. The molecule has 3 N–H and O–H groups in total. The van der Waals surface area contributed by atoms with Gasteiger partial charge in [0.15, 0.2) is 5.69 Å². The second-order valence-electron chi connectivity index (χ2n) is 7.07. The van der Waals surface area contributed by atoms with E-state index in [1.54, 1.807) is 0 Å². The van der Waals surface area contributed by atoms with Crippen LogP contribution in [0.1, 0.15) is 50.5 Å². The number of alkyl halides is 6. The van der Waals surface area contributed by atoms with Crippen molar-refractivity contribution in [3.05, 3.63) is 17.5 Å². The number of nitrogens with zero attached hydrogens (tertiary/aromatic N) is 3. The van der Waals surface area contributed by atoms with E-state index in [9.17, 15) is 31.4 Å². The van der Waals surface area contributed by atoms with Crippen molar-refractivity contribution in [2.45, 2.75) is 63.1 Å². The molecule has 0 aliphatic carbocycles. The largest absolute Gasteiger partial charge is 0.474 e. The van der Waals surface area contributed by atoms with Crippen molar-refractivity contribution >= 4 is 5.69 Å². The van der Waals surface area contributed by atoms with Crippen LogP contribution in [0.3, 0.4) is 0 Å². The predicted octanol–water partition coefficient (Wildman–Crippen LogP) is 4.21. The van der Waals surface area contributed by atoms with Crippen LogP contribution >= 0.6 is 0 Å².